The van der Waals surface area contributed by atoms with Gasteiger partial charge in [-0.1, -0.05) is 0 Å². The Balaban J connectivity index is 1.94. The van der Waals surface area contributed by atoms with Crippen molar-refractivity contribution in [2.24, 2.45) is 0 Å². The molecule has 6 heteroatoms. The summed E-state index contributed by atoms with van der Waals surface area (Å²) >= 11 is 0. The molecule has 2 aromatic rings. The second-order valence-corrected chi connectivity index (χ2v) is 5.11. The molecule has 0 bridgehead atoms. The molecule has 21 heavy (non-hydrogen) atoms. The van der Waals surface area contributed by atoms with Crippen molar-refractivity contribution in [2.45, 2.75) is 32.0 Å². The van der Waals surface area contributed by atoms with Crippen molar-refractivity contribution in [3.05, 3.63) is 53.9 Å². The van der Waals surface area contributed by atoms with Gasteiger partial charge in [0.25, 0.3) is 0 Å². The number of aliphatic hydroxyl groups excluding tert-OH is 1. The highest BCUT2D eigenvalue weighted by atomic mass is 19.1. The van der Waals surface area contributed by atoms with Crippen molar-refractivity contribution < 1.29 is 13.9 Å². The zero-order valence-corrected chi connectivity index (χ0v) is 12.0. The molecule has 0 saturated heterocycles. The van der Waals surface area contributed by atoms with Crippen molar-refractivity contribution in [3.8, 4) is 0 Å². The highest BCUT2D eigenvalue weighted by Crippen LogP contribution is 2.18. The molecular formula is C15H19F2N3O. The SMILES string of the molecule is C[C@H](NC[C@@H](O)c1cc(F)ccc1F)[C@H](C)n1cccn1. The molecule has 1 heterocycles. The highest BCUT2D eigenvalue weighted by molar-refractivity contribution is 5.21. The van der Waals surface area contributed by atoms with E-state index in [-0.39, 0.29) is 24.2 Å². The smallest absolute Gasteiger partial charge is 0.129 e. The zero-order valence-electron chi connectivity index (χ0n) is 12.0. The van der Waals surface area contributed by atoms with E-state index in [1.165, 1.54) is 0 Å². The molecule has 0 spiro atoms. The molecule has 3 atom stereocenters. The van der Waals surface area contributed by atoms with E-state index in [1.54, 1.807) is 10.9 Å². The van der Waals surface area contributed by atoms with Crippen LogP contribution in [0.25, 0.3) is 0 Å². The van der Waals surface area contributed by atoms with Crippen LogP contribution in [0.3, 0.4) is 0 Å². The van der Waals surface area contributed by atoms with Gasteiger partial charge in [-0.05, 0) is 38.1 Å². The predicted molar refractivity (Wildman–Crippen MR) is 75.7 cm³/mol. The van der Waals surface area contributed by atoms with E-state index in [0.29, 0.717) is 0 Å². The Bertz CT molecular complexity index is 574. The van der Waals surface area contributed by atoms with Crippen LogP contribution in [0.2, 0.25) is 0 Å². The molecule has 0 amide bonds. The first-order valence-corrected chi connectivity index (χ1v) is 6.84. The van der Waals surface area contributed by atoms with E-state index in [2.05, 4.69) is 10.4 Å². The summed E-state index contributed by atoms with van der Waals surface area (Å²) in [5.41, 5.74) is -0.0403. The Labute approximate surface area is 122 Å². The van der Waals surface area contributed by atoms with Crippen molar-refractivity contribution in [3.63, 3.8) is 0 Å². The molecule has 0 unspecified atom stereocenters. The van der Waals surface area contributed by atoms with Crippen LogP contribution >= 0.6 is 0 Å². The van der Waals surface area contributed by atoms with Crippen LogP contribution < -0.4 is 5.32 Å². The average molecular weight is 295 g/mol. The summed E-state index contributed by atoms with van der Waals surface area (Å²) < 4.78 is 28.5. The van der Waals surface area contributed by atoms with Gasteiger partial charge in [-0.25, -0.2) is 8.78 Å². The molecule has 2 N–H and O–H groups in total. The Morgan fingerprint density at radius 3 is 2.76 bits per heavy atom. The first-order chi connectivity index (χ1) is 9.99. The molecule has 2 rings (SSSR count). The number of aliphatic hydroxyl groups is 1. The second kappa shape index (κ2) is 6.78. The molecule has 114 valence electrons. The third-order valence-corrected chi connectivity index (χ3v) is 3.62. The van der Waals surface area contributed by atoms with Gasteiger partial charge in [-0.3, -0.25) is 4.68 Å². The minimum atomic E-state index is -1.10. The van der Waals surface area contributed by atoms with E-state index >= 15 is 0 Å². The number of halogens is 2. The quantitative estimate of drug-likeness (QED) is 0.860. The number of aromatic nitrogens is 2. The number of nitrogens with zero attached hydrogens (tertiary/aromatic N) is 2. The summed E-state index contributed by atoms with van der Waals surface area (Å²) in [4.78, 5) is 0. The first kappa shape index (κ1) is 15.6. The van der Waals surface area contributed by atoms with E-state index < -0.39 is 17.7 Å². The lowest BCUT2D eigenvalue weighted by atomic mass is 10.1. The maximum absolute atomic E-state index is 13.6. The Kier molecular flexibility index (Phi) is 5.03. The molecule has 0 radical (unpaired) electrons. The topological polar surface area (TPSA) is 50.1 Å². The number of hydrogen-bond acceptors (Lipinski definition) is 3. The van der Waals surface area contributed by atoms with Gasteiger partial charge in [-0.2, -0.15) is 5.10 Å². The Hall–Kier alpha value is -1.79. The largest absolute Gasteiger partial charge is 0.387 e. The number of benzene rings is 1. The van der Waals surface area contributed by atoms with Crippen LogP contribution in [-0.2, 0) is 0 Å². The van der Waals surface area contributed by atoms with Crippen LogP contribution in [-0.4, -0.2) is 27.5 Å². The monoisotopic (exact) mass is 295 g/mol. The van der Waals surface area contributed by atoms with Crippen molar-refractivity contribution >= 4 is 0 Å². The minimum Gasteiger partial charge on any atom is -0.387 e. The van der Waals surface area contributed by atoms with Gasteiger partial charge < -0.3 is 10.4 Å². The average Bonchev–Trinajstić information content (AvgIpc) is 3.00. The second-order valence-electron chi connectivity index (χ2n) is 5.11. The molecule has 0 fully saturated rings. The molecule has 1 aromatic carbocycles. The summed E-state index contributed by atoms with van der Waals surface area (Å²) in [6, 6.07) is 4.98. The lowest BCUT2D eigenvalue weighted by molar-refractivity contribution is 0.161. The van der Waals surface area contributed by atoms with Gasteiger partial charge >= 0.3 is 0 Å². The minimum absolute atomic E-state index is 0.0103. The van der Waals surface area contributed by atoms with E-state index in [0.717, 1.165) is 18.2 Å². The fraction of sp³-hybridized carbons (Fsp3) is 0.400. The van der Waals surface area contributed by atoms with E-state index in [1.807, 2.05) is 26.1 Å². The van der Waals surface area contributed by atoms with E-state index in [4.69, 9.17) is 0 Å². The number of rotatable bonds is 6. The van der Waals surface area contributed by atoms with Crippen molar-refractivity contribution in [2.75, 3.05) is 6.54 Å². The summed E-state index contributed by atoms with van der Waals surface area (Å²) in [5.74, 6) is -1.18. The van der Waals surface area contributed by atoms with Crippen LogP contribution in [0.5, 0.6) is 0 Å². The van der Waals surface area contributed by atoms with Crippen LogP contribution in [0.1, 0.15) is 31.6 Å². The first-order valence-electron chi connectivity index (χ1n) is 6.84. The van der Waals surface area contributed by atoms with Crippen molar-refractivity contribution in [1.29, 1.82) is 0 Å². The van der Waals surface area contributed by atoms with Crippen LogP contribution in [0.4, 0.5) is 8.78 Å². The fourth-order valence-electron chi connectivity index (χ4n) is 2.10. The summed E-state index contributed by atoms with van der Waals surface area (Å²) in [6.45, 7) is 4.06. The zero-order chi connectivity index (χ0) is 15.4. The third kappa shape index (κ3) is 3.86. The lowest BCUT2D eigenvalue weighted by Gasteiger charge is -2.23. The summed E-state index contributed by atoms with van der Waals surface area (Å²) in [5, 5.41) is 17.3. The lowest BCUT2D eigenvalue weighted by Crippen LogP contribution is -2.36. The Morgan fingerprint density at radius 2 is 2.10 bits per heavy atom. The van der Waals surface area contributed by atoms with Gasteiger partial charge in [0.2, 0.25) is 0 Å². The van der Waals surface area contributed by atoms with Gasteiger partial charge in [0, 0.05) is 30.5 Å². The molecule has 0 saturated carbocycles. The van der Waals surface area contributed by atoms with Crippen LogP contribution in [0, 0.1) is 11.6 Å². The predicted octanol–water partition coefficient (Wildman–Crippen LogP) is 2.43. The molecule has 1 aromatic heterocycles. The van der Waals surface area contributed by atoms with Gasteiger partial charge in [0.05, 0.1) is 12.1 Å². The van der Waals surface area contributed by atoms with Crippen LogP contribution in [0.15, 0.2) is 36.7 Å². The van der Waals surface area contributed by atoms with Gasteiger partial charge in [-0.15, -0.1) is 0 Å². The number of nitrogens with one attached hydrogen (secondary N) is 1. The standard InChI is InChI=1S/C15H19F2N3O/c1-10(11(2)20-7-3-6-19-20)18-9-15(21)13-8-12(16)4-5-14(13)17/h3-8,10-11,15,18,21H,9H2,1-2H3/t10-,11-,15+/m0/s1. The third-order valence-electron chi connectivity index (χ3n) is 3.62. The molecule has 0 aliphatic rings. The van der Waals surface area contributed by atoms with Gasteiger partial charge in [0.1, 0.15) is 11.6 Å². The van der Waals surface area contributed by atoms with Gasteiger partial charge in [0.15, 0.2) is 0 Å². The van der Waals surface area contributed by atoms with Crippen molar-refractivity contribution in [1.82, 2.24) is 15.1 Å². The summed E-state index contributed by atoms with van der Waals surface area (Å²) in [6.07, 6.45) is 2.44. The highest BCUT2D eigenvalue weighted by Gasteiger charge is 2.18. The fourth-order valence-corrected chi connectivity index (χ4v) is 2.10. The normalized spacial score (nSPS) is 15.7. The summed E-state index contributed by atoms with van der Waals surface area (Å²) in [7, 11) is 0. The number of hydrogen-bond donors (Lipinski definition) is 2. The van der Waals surface area contributed by atoms with E-state index in [9.17, 15) is 13.9 Å². The maximum atomic E-state index is 13.6. The molecule has 0 aliphatic carbocycles. The Morgan fingerprint density at radius 1 is 1.33 bits per heavy atom. The maximum Gasteiger partial charge on any atom is 0.129 e. The molecule has 0 aliphatic heterocycles. The molecular weight excluding hydrogens is 276 g/mol. The molecule has 4 nitrogen and oxygen atoms in total.